The van der Waals surface area contributed by atoms with Gasteiger partial charge >= 0.3 is 6.18 Å². The van der Waals surface area contributed by atoms with Gasteiger partial charge in [-0.2, -0.15) is 18.2 Å². The summed E-state index contributed by atoms with van der Waals surface area (Å²) in [5.74, 6) is 1.69. The molecule has 2 aromatic rings. The number of aryl methyl sites for hydroxylation is 1. The summed E-state index contributed by atoms with van der Waals surface area (Å²) >= 11 is 0. The van der Waals surface area contributed by atoms with Gasteiger partial charge in [0.15, 0.2) is 5.82 Å². The van der Waals surface area contributed by atoms with E-state index in [1.165, 1.54) is 12.5 Å². The zero-order valence-corrected chi connectivity index (χ0v) is 19.2. The number of amides is 1. The molecule has 3 heterocycles. The first kappa shape index (κ1) is 24.5. The molecule has 180 valence electrons. The minimum Gasteiger partial charge on any atom is -0.492 e. The average molecular weight is 467 g/mol. The van der Waals surface area contributed by atoms with Gasteiger partial charge in [0, 0.05) is 13.1 Å². The number of nitrogens with zero attached hydrogens (tertiary/aromatic N) is 4. The van der Waals surface area contributed by atoms with Crippen LogP contribution in [0.4, 0.5) is 30.6 Å². The van der Waals surface area contributed by atoms with Crippen molar-refractivity contribution >= 4 is 23.4 Å². The van der Waals surface area contributed by atoms with Gasteiger partial charge in [-0.25, -0.2) is 9.97 Å². The van der Waals surface area contributed by atoms with Crippen molar-refractivity contribution in [1.82, 2.24) is 15.0 Å². The maximum Gasteiger partial charge on any atom is 0.433 e. The minimum atomic E-state index is -4.46. The molecule has 4 rings (SSSR count). The molecule has 2 aliphatic rings. The van der Waals surface area contributed by atoms with Crippen LogP contribution < -0.4 is 20.3 Å². The Hall–Kier alpha value is -3.11. The van der Waals surface area contributed by atoms with Crippen molar-refractivity contribution in [3.63, 3.8) is 0 Å². The number of alkyl halides is 3. The maximum absolute atomic E-state index is 12.5. The highest BCUT2D eigenvalue weighted by Gasteiger charge is 2.33. The standard InChI is InChI=1S/C19H21F3N6O2.C3H8/c1-10-16-17(28(2)8-15(29)26-16)27-18(24-10)25-12-5-11(6-12)9-30-13-3-4-14(23-7-13)19(20,21)22;1-3-2/h3-4,7,11-12H,5-6,8-9H2,1-2H3,(H,26,29)(H,24,25,27);3H2,1-2H3. The molecule has 1 amide bonds. The molecule has 0 atom stereocenters. The second kappa shape index (κ2) is 10.2. The third-order valence-electron chi connectivity index (χ3n) is 5.16. The Labute approximate surface area is 191 Å². The number of halogens is 3. The van der Waals surface area contributed by atoms with Crippen LogP contribution in [0.15, 0.2) is 18.3 Å². The molecule has 0 radical (unpaired) electrons. The van der Waals surface area contributed by atoms with Crippen molar-refractivity contribution in [2.75, 3.05) is 35.7 Å². The predicted octanol–water partition coefficient (Wildman–Crippen LogP) is 4.27. The van der Waals surface area contributed by atoms with Crippen LogP contribution in [-0.4, -0.2) is 47.1 Å². The second-order valence-electron chi connectivity index (χ2n) is 8.31. The Kier molecular flexibility index (Phi) is 7.60. The van der Waals surface area contributed by atoms with Crippen LogP contribution in [0.5, 0.6) is 5.75 Å². The summed E-state index contributed by atoms with van der Waals surface area (Å²) < 4.78 is 43.2. The van der Waals surface area contributed by atoms with Gasteiger partial charge in [-0.1, -0.05) is 20.3 Å². The molecule has 0 unspecified atom stereocenters. The molecule has 33 heavy (non-hydrogen) atoms. The van der Waals surface area contributed by atoms with Gasteiger partial charge in [-0.3, -0.25) is 4.79 Å². The average Bonchev–Trinajstić information content (AvgIpc) is 2.71. The second-order valence-corrected chi connectivity index (χ2v) is 8.31. The zero-order valence-electron chi connectivity index (χ0n) is 19.2. The van der Waals surface area contributed by atoms with E-state index in [0.717, 1.165) is 25.1 Å². The quantitative estimate of drug-likeness (QED) is 0.680. The number of aromatic nitrogens is 3. The molecule has 11 heteroatoms. The number of anilines is 3. The fraction of sp³-hybridized carbons (Fsp3) is 0.545. The van der Waals surface area contributed by atoms with Gasteiger partial charge in [-0.05, 0) is 37.8 Å². The van der Waals surface area contributed by atoms with Crippen LogP contribution in [0.1, 0.15) is 44.5 Å². The lowest BCUT2D eigenvalue weighted by Crippen LogP contribution is -2.40. The Morgan fingerprint density at radius 3 is 2.55 bits per heavy atom. The van der Waals surface area contributed by atoms with E-state index in [2.05, 4.69) is 39.4 Å². The fourth-order valence-electron chi connectivity index (χ4n) is 3.53. The van der Waals surface area contributed by atoms with E-state index in [4.69, 9.17) is 4.74 Å². The number of ether oxygens (including phenoxy) is 1. The minimum absolute atomic E-state index is 0.0949. The molecule has 2 aromatic heterocycles. The van der Waals surface area contributed by atoms with Crippen molar-refractivity contribution in [1.29, 1.82) is 0 Å². The van der Waals surface area contributed by atoms with Crippen LogP contribution in [0.3, 0.4) is 0 Å². The van der Waals surface area contributed by atoms with Crippen LogP contribution in [0.2, 0.25) is 0 Å². The number of carbonyl (C=O) groups excluding carboxylic acids is 1. The molecule has 2 N–H and O–H groups in total. The highest BCUT2D eigenvalue weighted by molar-refractivity contribution is 6.00. The number of fused-ring (bicyclic) bond motifs is 1. The molecule has 1 aliphatic heterocycles. The summed E-state index contributed by atoms with van der Waals surface area (Å²) in [4.78, 5) is 25.8. The molecule has 1 saturated carbocycles. The van der Waals surface area contributed by atoms with Gasteiger partial charge in [0.25, 0.3) is 0 Å². The number of rotatable bonds is 5. The number of carbonyl (C=O) groups is 1. The molecule has 0 aromatic carbocycles. The third kappa shape index (κ3) is 6.23. The topological polar surface area (TPSA) is 92.3 Å². The summed E-state index contributed by atoms with van der Waals surface area (Å²) in [5.41, 5.74) is 0.383. The number of hydrogen-bond donors (Lipinski definition) is 2. The first-order valence-electron chi connectivity index (χ1n) is 10.9. The lowest BCUT2D eigenvalue weighted by atomic mass is 9.81. The van der Waals surface area contributed by atoms with Crippen molar-refractivity contribution in [3.8, 4) is 5.75 Å². The van der Waals surface area contributed by atoms with E-state index in [0.29, 0.717) is 35.5 Å². The van der Waals surface area contributed by atoms with Crippen LogP contribution >= 0.6 is 0 Å². The maximum atomic E-state index is 12.5. The first-order chi connectivity index (χ1) is 15.6. The van der Waals surface area contributed by atoms with E-state index in [9.17, 15) is 18.0 Å². The largest absolute Gasteiger partial charge is 0.492 e. The lowest BCUT2D eigenvalue weighted by molar-refractivity contribution is -0.141. The molecule has 8 nitrogen and oxygen atoms in total. The molecule has 0 saturated heterocycles. The summed E-state index contributed by atoms with van der Waals surface area (Å²) in [7, 11) is 1.81. The Morgan fingerprint density at radius 1 is 1.24 bits per heavy atom. The van der Waals surface area contributed by atoms with Crippen LogP contribution in [0, 0.1) is 12.8 Å². The third-order valence-corrected chi connectivity index (χ3v) is 5.16. The number of pyridine rings is 1. The number of nitrogens with one attached hydrogen (secondary N) is 2. The number of hydrogen-bond acceptors (Lipinski definition) is 7. The molecular formula is C22H29F3N6O2. The highest BCUT2D eigenvalue weighted by atomic mass is 19.4. The summed E-state index contributed by atoms with van der Waals surface area (Å²) in [6, 6.07) is 2.38. The normalized spacial score (nSPS) is 19.5. The van der Waals surface area contributed by atoms with Crippen molar-refractivity contribution in [3.05, 3.63) is 29.7 Å². The summed E-state index contributed by atoms with van der Waals surface area (Å²) in [5, 5.41) is 6.10. The lowest BCUT2D eigenvalue weighted by Gasteiger charge is -2.36. The van der Waals surface area contributed by atoms with Gasteiger partial charge in [0.05, 0.1) is 25.0 Å². The van der Waals surface area contributed by atoms with E-state index in [1.54, 1.807) is 11.9 Å². The Morgan fingerprint density at radius 2 is 1.94 bits per heavy atom. The number of likely N-dealkylation sites (N-methyl/N-ethyl adjacent to an activating group) is 1. The van der Waals surface area contributed by atoms with Gasteiger partial charge < -0.3 is 20.3 Å². The Balaban J connectivity index is 0.000000968. The van der Waals surface area contributed by atoms with Gasteiger partial charge in [0.1, 0.15) is 17.1 Å². The van der Waals surface area contributed by atoms with E-state index in [1.807, 2.05) is 6.92 Å². The molecule has 1 fully saturated rings. The molecular weight excluding hydrogens is 437 g/mol. The van der Waals surface area contributed by atoms with E-state index < -0.39 is 11.9 Å². The highest BCUT2D eigenvalue weighted by Crippen LogP contribution is 2.34. The Bertz CT molecular complexity index is 962. The van der Waals surface area contributed by atoms with E-state index in [-0.39, 0.29) is 24.4 Å². The summed E-state index contributed by atoms with van der Waals surface area (Å²) in [6.45, 7) is 6.72. The molecule has 0 bridgehead atoms. The smallest absolute Gasteiger partial charge is 0.433 e. The monoisotopic (exact) mass is 466 g/mol. The van der Waals surface area contributed by atoms with Crippen LogP contribution in [0.25, 0.3) is 0 Å². The van der Waals surface area contributed by atoms with Gasteiger partial charge in [0.2, 0.25) is 11.9 Å². The van der Waals surface area contributed by atoms with Crippen molar-refractivity contribution < 1.29 is 22.7 Å². The summed E-state index contributed by atoms with van der Waals surface area (Å²) in [6.07, 6.45) is -0.445. The zero-order chi connectivity index (χ0) is 24.2. The predicted molar refractivity (Wildman–Crippen MR) is 120 cm³/mol. The fourth-order valence-corrected chi connectivity index (χ4v) is 3.53. The molecule has 0 spiro atoms. The van der Waals surface area contributed by atoms with Crippen LogP contribution in [-0.2, 0) is 11.0 Å². The first-order valence-corrected chi connectivity index (χ1v) is 10.9. The van der Waals surface area contributed by atoms with Crippen molar-refractivity contribution in [2.24, 2.45) is 5.92 Å². The SMILES string of the molecule is CCC.Cc1nc(NC2CC(COc3ccc(C(F)(F)F)nc3)C2)nc2c1NC(=O)CN2C. The van der Waals surface area contributed by atoms with Gasteiger partial charge in [-0.15, -0.1) is 0 Å². The van der Waals surface area contributed by atoms with E-state index >= 15 is 0 Å². The molecule has 1 aliphatic carbocycles. The van der Waals surface area contributed by atoms with Crippen molar-refractivity contribution in [2.45, 2.75) is 52.3 Å².